The fourth-order valence-corrected chi connectivity index (χ4v) is 1.25. The first kappa shape index (κ1) is 10.5. The number of ether oxygens (including phenoxy) is 1. The van der Waals surface area contributed by atoms with Gasteiger partial charge in [0.25, 0.3) is 0 Å². The maximum Gasteiger partial charge on any atom is 0.388 e. The zero-order chi connectivity index (χ0) is 11.4. The van der Waals surface area contributed by atoms with Crippen LogP contribution in [0.3, 0.4) is 0 Å². The van der Waals surface area contributed by atoms with Crippen LogP contribution in [0, 0.1) is 0 Å². The predicted octanol–water partition coefficient (Wildman–Crippen LogP) is 2.75. The van der Waals surface area contributed by atoms with Gasteiger partial charge in [-0.2, -0.15) is 8.78 Å². The van der Waals surface area contributed by atoms with Crippen molar-refractivity contribution in [3.05, 3.63) is 42.7 Å². The topological polar surface area (TPSA) is 35.0 Å². The lowest BCUT2D eigenvalue weighted by Gasteiger charge is -2.05. The van der Waals surface area contributed by atoms with Crippen LogP contribution in [-0.4, -0.2) is 16.6 Å². The molecule has 0 aromatic carbocycles. The number of nitrogens with zero attached hydrogens (tertiary/aromatic N) is 2. The minimum Gasteiger partial charge on any atom is -0.417 e. The van der Waals surface area contributed by atoms with E-state index in [9.17, 15) is 8.78 Å². The first-order chi connectivity index (χ1) is 7.75. The van der Waals surface area contributed by atoms with E-state index >= 15 is 0 Å². The normalized spacial score (nSPS) is 10.4. The molecule has 2 heterocycles. The highest BCUT2D eigenvalue weighted by Gasteiger charge is 2.06. The van der Waals surface area contributed by atoms with Gasteiger partial charge in [0.1, 0.15) is 0 Å². The lowest BCUT2D eigenvalue weighted by Crippen LogP contribution is -2.03. The molecule has 0 saturated heterocycles. The van der Waals surface area contributed by atoms with Gasteiger partial charge in [0, 0.05) is 24.0 Å². The third-order valence-corrected chi connectivity index (χ3v) is 1.89. The van der Waals surface area contributed by atoms with E-state index in [1.54, 1.807) is 36.7 Å². The van der Waals surface area contributed by atoms with Crippen LogP contribution >= 0.6 is 0 Å². The molecule has 0 N–H and O–H groups in total. The molecule has 0 fully saturated rings. The highest BCUT2D eigenvalue weighted by atomic mass is 19.3. The Balaban J connectivity index is 2.29. The van der Waals surface area contributed by atoms with Gasteiger partial charge >= 0.3 is 6.61 Å². The van der Waals surface area contributed by atoms with Crippen molar-refractivity contribution in [2.75, 3.05) is 0 Å². The third kappa shape index (κ3) is 2.50. The molecular formula is C11H8F2N2O. The molecule has 2 rings (SSSR count). The molecule has 5 heteroatoms. The van der Waals surface area contributed by atoms with Crippen molar-refractivity contribution in [1.82, 2.24) is 9.97 Å². The molecule has 2 aromatic heterocycles. The number of hydrogen-bond donors (Lipinski definition) is 0. The SMILES string of the molecule is FC(F)Oc1cccc(-c2cccnc2)n1. The lowest BCUT2D eigenvalue weighted by atomic mass is 10.2. The molecule has 0 spiro atoms. The summed E-state index contributed by atoms with van der Waals surface area (Å²) >= 11 is 0. The van der Waals surface area contributed by atoms with E-state index < -0.39 is 6.61 Å². The van der Waals surface area contributed by atoms with Gasteiger partial charge in [-0.15, -0.1) is 0 Å². The third-order valence-electron chi connectivity index (χ3n) is 1.89. The summed E-state index contributed by atoms with van der Waals surface area (Å²) in [4.78, 5) is 7.86. The molecule has 16 heavy (non-hydrogen) atoms. The molecule has 82 valence electrons. The van der Waals surface area contributed by atoms with E-state index in [1.165, 1.54) is 6.07 Å². The minimum atomic E-state index is -2.86. The fraction of sp³-hybridized carbons (Fsp3) is 0.0909. The molecule has 0 saturated carbocycles. The summed E-state index contributed by atoms with van der Waals surface area (Å²) in [6.07, 6.45) is 3.23. The summed E-state index contributed by atoms with van der Waals surface area (Å²) in [6, 6.07) is 8.23. The largest absolute Gasteiger partial charge is 0.417 e. The monoisotopic (exact) mass is 222 g/mol. The molecule has 0 unspecified atom stereocenters. The van der Waals surface area contributed by atoms with Crippen LogP contribution in [0.25, 0.3) is 11.3 Å². The summed E-state index contributed by atoms with van der Waals surface area (Å²) in [5, 5.41) is 0. The zero-order valence-corrected chi connectivity index (χ0v) is 8.18. The van der Waals surface area contributed by atoms with Crippen LogP contribution < -0.4 is 4.74 Å². The second-order valence-corrected chi connectivity index (χ2v) is 2.98. The van der Waals surface area contributed by atoms with Crippen LogP contribution in [0.2, 0.25) is 0 Å². The summed E-state index contributed by atoms with van der Waals surface area (Å²) in [5.74, 6) is -0.101. The van der Waals surface area contributed by atoms with Crippen molar-refractivity contribution >= 4 is 0 Å². The molecule has 0 aliphatic rings. The van der Waals surface area contributed by atoms with Crippen LogP contribution in [0.15, 0.2) is 42.7 Å². The second-order valence-electron chi connectivity index (χ2n) is 2.98. The van der Waals surface area contributed by atoms with Crippen molar-refractivity contribution < 1.29 is 13.5 Å². The Morgan fingerprint density at radius 2 is 2.00 bits per heavy atom. The first-order valence-electron chi connectivity index (χ1n) is 4.58. The van der Waals surface area contributed by atoms with Crippen molar-refractivity contribution in [2.24, 2.45) is 0 Å². The van der Waals surface area contributed by atoms with Crippen LogP contribution in [0.4, 0.5) is 8.78 Å². The van der Waals surface area contributed by atoms with Gasteiger partial charge in [-0.25, -0.2) is 4.98 Å². The molecule has 2 aromatic rings. The van der Waals surface area contributed by atoms with E-state index in [4.69, 9.17) is 0 Å². The van der Waals surface area contributed by atoms with Gasteiger partial charge in [-0.1, -0.05) is 6.07 Å². The van der Waals surface area contributed by atoms with Gasteiger partial charge in [0.15, 0.2) is 0 Å². The predicted molar refractivity (Wildman–Crippen MR) is 54.1 cm³/mol. The average Bonchev–Trinajstić information content (AvgIpc) is 2.30. The maximum absolute atomic E-state index is 12.0. The van der Waals surface area contributed by atoms with Crippen molar-refractivity contribution in [1.29, 1.82) is 0 Å². The van der Waals surface area contributed by atoms with Crippen molar-refractivity contribution in [3.8, 4) is 17.1 Å². The van der Waals surface area contributed by atoms with Crippen LogP contribution in [-0.2, 0) is 0 Å². The summed E-state index contributed by atoms with van der Waals surface area (Å²) < 4.78 is 28.2. The van der Waals surface area contributed by atoms with Gasteiger partial charge in [-0.3, -0.25) is 4.98 Å². The molecular weight excluding hydrogens is 214 g/mol. The summed E-state index contributed by atoms with van der Waals surface area (Å²) in [6.45, 7) is -2.86. The van der Waals surface area contributed by atoms with E-state index in [0.717, 1.165) is 5.56 Å². The summed E-state index contributed by atoms with van der Waals surface area (Å²) in [5.41, 5.74) is 1.30. The van der Waals surface area contributed by atoms with E-state index in [1.807, 2.05) is 0 Å². The number of aromatic nitrogens is 2. The Kier molecular flexibility index (Phi) is 3.05. The zero-order valence-electron chi connectivity index (χ0n) is 8.18. The standard InChI is InChI=1S/C11H8F2N2O/c12-11(13)16-10-5-1-4-9(15-10)8-3-2-6-14-7-8/h1-7,11H. The smallest absolute Gasteiger partial charge is 0.388 e. The number of hydrogen-bond acceptors (Lipinski definition) is 3. The van der Waals surface area contributed by atoms with Crippen molar-refractivity contribution in [3.63, 3.8) is 0 Å². The minimum absolute atomic E-state index is 0.101. The number of rotatable bonds is 3. The quantitative estimate of drug-likeness (QED) is 0.800. The Hall–Kier alpha value is -2.04. The van der Waals surface area contributed by atoms with E-state index in [0.29, 0.717) is 5.69 Å². The van der Waals surface area contributed by atoms with Crippen LogP contribution in [0.5, 0.6) is 5.88 Å². The molecule has 0 aliphatic carbocycles. The molecule has 0 aliphatic heterocycles. The maximum atomic E-state index is 12.0. The fourth-order valence-electron chi connectivity index (χ4n) is 1.25. The second kappa shape index (κ2) is 4.65. The highest BCUT2D eigenvalue weighted by molar-refractivity contribution is 5.57. The summed E-state index contributed by atoms with van der Waals surface area (Å²) in [7, 11) is 0. The van der Waals surface area contributed by atoms with Gasteiger partial charge in [0.2, 0.25) is 5.88 Å². The van der Waals surface area contributed by atoms with Gasteiger partial charge < -0.3 is 4.74 Å². The number of halogens is 2. The Morgan fingerprint density at radius 1 is 1.12 bits per heavy atom. The molecule has 0 radical (unpaired) electrons. The molecule has 0 atom stereocenters. The Labute approximate surface area is 90.7 Å². The van der Waals surface area contributed by atoms with Crippen molar-refractivity contribution in [2.45, 2.75) is 6.61 Å². The van der Waals surface area contributed by atoms with Crippen LogP contribution in [0.1, 0.15) is 0 Å². The number of pyridine rings is 2. The van der Waals surface area contributed by atoms with E-state index in [2.05, 4.69) is 14.7 Å². The average molecular weight is 222 g/mol. The molecule has 0 amide bonds. The van der Waals surface area contributed by atoms with Gasteiger partial charge in [0.05, 0.1) is 5.69 Å². The highest BCUT2D eigenvalue weighted by Crippen LogP contribution is 2.19. The Bertz CT molecular complexity index is 463. The molecule has 3 nitrogen and oxygen atoms in total. The van der Waals surface area contributed by atoms with E-state index in [-0.39, 0.29) is 5.88 Å². The number of alkyl halides is 2. The molecule has 0 bridgehead atoms. The Morgan fingerprint density at radius 3 is 2.69 bits per heavy atom. The lowest BCUT2D eigenvalue weighted by molar-refractivity contribution is -0.0527. The first-order valence-corrected chi connectivity index (χ1v) is 4.58. The van der Waals surface area contributed by atoms with Gasteiger partial charge in [-0.05, 0) is 18.2 Å².